The molecule has 3 nitrogen and oxygen atoms in total. The lowest BCUT2D eigenvalue weighted by molar-refractivity contribution is -0.0597. The maximum atomic E-state index is 9.90. The molecule has 74 valence electrons. The molecule has 0 aliphatic rings. The van der Waals surface area contributed by atoms with Crippen LogP contribution in [0.4, 0.5) is 0 Å². The van der Waals surface area contributed by atoms with Gasteiger partial charge in [0, 0.05) is 13.0 Å². The van der Waals surface area contributed by atoms with Gasteiger partial charge in [-0.25, -0.2) is 0 Å². The second-order valence-corrected chi connectivity index (χ2v) is 3.51. The van der Waals surface area contributed by atoms with Crippen LogP contribution in [0.2, 0.25) is 0 Å². The molecule has 0 spiro atoms. The van der Waals surface area contributed by atoms with E-state index in [9.17, 15) is 5.11 Å². The highest BCUT2D eigenvalue weighted by atomic mass is 16.5. The van der Waals surface area contributed by atoms with Gasteiger partial charge in [-0.15, -0.1) is 0 Å². The van der Waals surface area contributed by atoms with Crippen LogP contribution in [-0.2, 0) is 4.74 Å². The van der Waals surface area contributed by atoms with Crippen molar-refractivity contribution < 1.29 is 9.84 Å². The maximum absolute atomic E-state index is 9.90. The summed E-state index contributed by atoms with van der Waals surface area (Å²) in [7, 11) is 1.59. The molecule has 0 rings (SSSR count). The van der Waals surface area contributed by atoms with E-state index in [2.05, 4.69) is 6.92 Å². The van der Waals surface area contributed by atoms with Gasteiger partial charge in [-0.1, -0.05) is 13.3 Å². The van der Waals surface area contributed by atoms with Gasteiger partial charge in [0.1, 0.15) is 0 Å². The topological polar surface area (TPSA) is 55.5 Å². The Kier molecular flexibility index (Phi) is 5.46. The molecular formula is C9H21NO2. The summed E-state index contributed by atoms with van der Waals surface area (Å²) in [6.45, 7) is 4.74. The summed E-state index contributed by atoms with van der Waals surface area (Å²) in [5.74, 6) is 0.141. The zero-order chi connectivity index (χ0) is 9.61. The standard InChI is InChI=1S/C9H21NO2/c1-4-5-8(6-10)9(2,11)7-12-3/h8,11H,4-7,10H2,1-3H3. The van der Waals surface area contributed by atoms with Crippen molar-refractivity contribution in [3.05, 3.63) is 0 Å². The average Bonchev–Trinajstić information content (AvgIpc) is 1.99. The number of methoxy groups -OCH3 is 1. The molecule has 3 heteroatoms. The first-order valence-corrected chi connectivity index (χ1v) is 4.49. The summed E-state index contributed by atoms with van der Waals surface area (Å²) in [6, 6.07) is 0. The van der Waals surface area contributed by atoms with Gasteiger partial charge >= 0.3 is 0 Å². The largest absolute Gasteiger partial charge is 0.387 e. The van der Waals surface area contributed by atoms with Gasteiger partial charge < -0.3 is 15.6 Å². The first-order chi connectivity index (χ1) is 5.58. The fourth-order valence-corrected chi connectivity index (χ4v) is 1.44. The summed E-state index contributed by atoms with van der Waals surface area (Å²) in [4.78, 5) is 0. The van der Waals surface area contributed by atoms with Crippen LogP contribution in [0.15, 0.2) is 0 Å². The smallest absolute Gasteiger partial charge is 0.0891 e. The van der Waals surface area contributed by atoms with Crippen molar-refractivity contribution in [1.29, 1.82) is 0 Å². The summed E-state index contributed by atoms with van der Waals surface area (Å²) in [5.41, 5.74) is 4.78. The van der Waals surface area contributed by atoms with Crippen molar-refractivity contribution in [2.24, 2.45) is 11.7 Å². The Bertz CT molecular complexity index is 115. The van der Waals surface area contributed by atoms with Crippen molar-refractivity contribution in [1.82, 2.24) is 0 Å². The van der Waals surface area contributed by atoms with Gasteiger partial charge in [-0.3, -0.25) is 0 Å². The Balaban J connectivity index is 4.05. The van der Waals surface area contributed by atoms with Crippen molar-refractivity contribution in [3.63, 3.8) is 0 Å². The molecule has 12 heavy (non-hydrogen) atoms. The van der Waals surface area contributed by atoms with Crippen molar-refractivity contribution in [2.45, 2.75) is 32.3 Å². The molecule has 2 unspecified atom stereocenters. The van der Waals surface area contributed by atoms with Gasteiger partial charge in [0.15, 0.2) is 0 Å². The predicted molar refractivity (Wildman–Crippen MR) is 50.0 cm³/mol. The Morgan fingerprint density at radius 1 is 1.58 bits per heavy atom. The summed E-state index contributed by atoms with van der Waals surface area (Å²) >= 11 is 0. The summed E-state index contributed by atoms with van der Waals surface area (Å²) in [5, 5.41) is 9.90. The van der Waals surface area contributed by atoms with E-state index in [0.717, 1.165) is 12.8 Å². The lowest BCUT2D eigenvalue weighted by atomic mass is 9.86. The van der Waals surface area contributed by atoms with E-state index in [1.807, 2.05) is 0 Å². The van der Waals surface area contributed by atoms with Crippen molar-refractivity contribution in [3.8, 4) is 0 Å². The third kappa shape index (κ3) is 3.52. The second-order valence-electron chi connectivity index (χ2n) is 3.51. The molecule has 0 aliphatic heterocycles. The average molecular weight is 175 g/mol. The van der Waals surface area contributed by atoms with Gasteiger partial charge in [0.2, 0.25) is 0 Å². The summed E-state index contributed by atoms with van der Waals surface area (Å²) in [6.07, 6.45) is 1.99. The third-order valence-corrected chi connectivity index (χ3v) is 2.24. The minimum absolute atomic E-state index is 0.141. The SMILES string of the molecule is CCCC(CN)C(C)(O)COC. The van der Waals surface area contributed by atoms with Crippen LogP contribution < -0.4 is 5.73 Å². The van der Waals surface area contributed by atoms with Crippen LogP contribution in [0.5, 0.6) is 0 Å². The maximum Gasteiger partial charge on any atom is 0.0891 e. The number of aliphatic hydroxyl groups is 1. The van der Waals surface area contributed by atoms with Gasteiger partial charge in [-0.05, 0) is 19.9 Å². The van der Waals surface area contributed by atoms with Gasteiger partial charge in [0.25, 0.3) is 0 Å². The molecule has 0 aromatic rings. The molecule has 0 radical (unpaired) electrons. The highest BCUT2D eigenvalue weighted by molar-refractivity contribution is 4.82. The molecule has 0 fully saturated rings. The second kappa shape index (κ2) is 5.51. The molecule has 0 aliphatic carbocycles. The minimum Gasteiger partial charge on any atom is -0.387 e. The van der Waals surface area contributed by atoms with Crippen molar-refractivity contribution >= 4 is 0 Å². The number of hydrogen-bond donors (Lipinski definition) is 2. The minimum atomic E-state index is -0.778. The van der Waals surface area contributed by atoms with Crippen LogP contribution >= 0.6 is 0 Å². The lowest BCUT2D eigenvalue weighted by Crippen LogP contribution is -2.42. The predicted octanol–water partition coefficient (Wildman–Crippen LogP) is 0.759. The first kappa shape index (κ1) is 11.9. The molecular weight excluding hydrogens is 154 g/mol. The number of rotatable bonds is 6. The fourth-order valence-electron chi connectivity index (χ4n) is 1.44. The lowest BCUT2D eigenvalue weighted by Gasteiger charge is -2.31. The Morgan fingerprint density at radius 3 is 2.50 bits per heavy atom. The van der Waals surface area contributed by atoms with Crippen LogP contribution in [0.25, 0.3) is 0 Å². The number of ether oxygens (including phenoxy) is 1. The van der Waals surface area contributed by atoms with E-state index in [-0.39, 0.29) is 5.92 Å². The molecule has 0 saturated heterocycles. The monoisotopic (exact) mass is 175 g/mol. The molecule has 3 N–H and O–H groups in total. The molecule has 0 aromatic heterocycles. The molecule has 2 atom stereocenters. The van der Waals surface area contributed by atoms with Gasteiger partial charge in [-0.2, -0.15) is 0 Å². The molecule has 0 amide bonds. The Morgan fingerprint density at radius 2 is 2.17 bits per heavy atom. The van der Waals surface area contributed by atoms with Crippen molar-refractivity contribution in [2.75, 3.05) is 20.3 Å². The molecule has 0 heterocycles. The van der Waals surface area contributed by atoms with Crippen LogP contribution in [0, 0.1) is 5.92 Å². The quantitative estimate of drug-likeness (QED) is 0.626. The first-order valence-electron chi connectivity index (χ1n) is 4.49. The Labute approximate surface area is 74.9 Å². The van der Waals surface area contributed by atoms with Crippen LogP contribution in [-0.4, -0.2) is 31.0 Å². The van der Waals surface area contributed by atoms with E-state index < -0.39 is 5.60 Å². The van der Waals surface area contributed by atoms with E-state index in [4.69, 9.17) is 10.5 Å². The highest BCUT2D eigenvalue weighted by Crippen LogP contribution is 2.21. The Hall–Kier alpha value is -0.120. The molecule has 0 bridgehead atoms. The fraction of sp³-hybridized carbons (Fsp3) is 1.00. The van der Waals surface area contributed by atoms with E-state index >= 15 is 0 Å². The number of hydrogen-bond acceptors (Lipinski definition) is 3. The normalized spacial score (nSPS) is 18.8. The molecule has 0 aromatic carbocycles. The highest BCUT2D eigenvalue weighted by Gasteiger charge is 2.29. The zero-order valence-corrected chi connectivity index (χ0v) is 8.34. The zero-order valence-electron chi connectivity index (χ0n) is 8.34. The molecule has 0 saturated carbocycles. The third-order valence-electron chi connectivity index (χ3n) is 2.24. The van der Waals surface area contributed by atoms with E-state index in [1.165, 1.54) is 0 Å². The number of nitrogens with two attached hydrogens (primary N) is 1. The van der Waals surface area contributed by atoms with Crippen LogP contribution in [0.3, 0.4) is 0 Å². The van der Waals surface area contributed by atoms with E-state index in [1.54, 1.807) is 14.0 Å². The van der Waals surface area contributed by atoms with Gasteiger partial charge in [0.05, 0.1) is 12.2 Å². The van der Waals surface area contributed by atoms with E-state index in [0.29, 0.717) is 13.2 Å². The van der Waals surface area contributed by atoms with Crippen LogP contribution in [0.1, 0.15) is 26.7 Å². The summed E-state index contributed by atoms with van der Waals surface area (Å²) < 4.78 is 4.93.